The summed E-state index contributed by atoms with van der Waals surface area (Å²) in [6.45, 7) is 0. The lowest BCUT2D eigenvalue weighted by molar-refractivity contribution is -0.144. The van der Waals surface area contributed by atoms with Gasteiger partial charge in [-0.1, -0.05) is 17.7 Å². The summed E-state index contributed by atoms with van der Waals surface area (Å²) in [5.41, 5.74) is 1.78. The Kier molecular flexibility index (Phi) is 4.14. The molecule has 1 aromatic heterocycles. The number of benzene rings is 1. The van der Waals surface area contributed by atoms with E-state index in [0.717, 1.165) is 12.1 Å². The predicted molar refractivity (Wildman–Crippen MR) is 69.5 cm³/mol. The van der Waals surface area contributed by atoms with Crippen molar-refractivity contribution in [3.8, 4) is 0 Å². The van der Waals surface area contributed by atoms with Crippen LogP contribution in [0.4, 0.5) is 34.9 Å². The lowest BCUT2D eigenvalue weighted by atomic mass is 10.3. The molecule has 0 fully saturated rings. The fraction of sp³-hybridized carbons (Fsp3) is 0.0909. The van der Waals surface area contributed by atoms with Crippen molar-refractivity contribution in [2.45, 2.75) is 6.18 Å². The van der Waals surface area contributed by atoms with Crippen molar-refractivity contribution in [3.05, 3.63) is 40.9 Å². The largest absolute Gasteiger partial charge is 0.451 e. The van der Waals surface area contributed by atoms with Crippen molar-refractivity contribution in [1.29, 1.82) is 0 Å². The van der Waals surface area contributed by atoms with E-state index in [2.05, 4.69) is 15.3 Å². The van der Waals surface area contributed by atoms with Gasteiger partial charge in [-0.15, -0.1) is 0 Å². The molecule has 1 heterocycles. The van der Waals surface area contributed by atoms with Gasteiger partial charge in [-0.2, -0.15) is 13.2 Å². The zero-order valence-electron chi connectivity index (χ0n) is 10.2. The summed E-state index contributed by atoms with van der Waals surface area (Å²) >= 11 is 5.77. The van der Waals surface area contributed by atoms with Crippen LogP contribution in [-0.2, 0) is 6.18 Å². The highest BCUT2D eigenvalue weighted by molar-refractivity contribution is 6.33. The Morgan fingerprint density at radius 3 is 2.38 bits per heavy atom. The normalized spacial score (nSPS) is 11.3. The second-order valence-electron chi connectivity index (χ2n) is 3.83. The topological polar surface area (TPSA) is 75.9 Å². The van der Waals surface area contributed by atoms with E-state index in [1.807, 2.05) is 5.43 Å². The first-order valence-corrected chi connectivity index (χ1v) is 5.83. The lowest BCUT2D eigenvalue weighted by Gasteiger charge is -2.12. The molecule has 1 aromatic carbocycles. The van der Waals surface area contributed by atoms with E-state index in [-0.39, 0.29) is 22.3 Å². The number of aromatic nitrogens is 2. The van der Waals surface area contributed by atoms with Crippen LogP contribution in [0.25, 0.3) is 0 Å². The van der Waals surface area contributed by atoms with E-state index >= 15 is 0 Å². The van der Waals surface area contributed by atoms with Gasteiger partial charge in [0, 0.05) is 6.07 Å². The highest BCUT2D eigenvalue weighted by Gasteiger charge is 2.35. The standard InChI is InChI=1S/C11H8ClF4N5/c12-5-2-1-3-6(13)9(5)18-7-4-8(21-17)20-10(19-7)11(14,15)16/h1-4H,17H2,(H2,18,19,20,21). The first-order chi connectivity index (χ1) is 9.81. The van der Waals surface area contributed by atoms with Crippen molar-refractivity contribution in [1.82, 2.24) is 9.97 Å². The molecular weight excluding hydrogens is 314 g/mol. The molecule has 0 unspecified atom stereocenters. The van der Waals surface area contributed by atoms with Crippen LogP contribution >= 0.6 is 11.6 Å². The first-order valence-electron chi connectivity index (χ1n) is 5.45. The molecule has 21 heavy (non-hydrogen) atoms. The number of hydrogen-bond donors (Lipinski definition) is 3. The van der Waals surface area contributed by atoms with Crippen LogP contribution in [0, 0.1) is 5.82 Å². The van der Waals surface area contributed by atoms with Crippen LogP contribution in [0.3, 0.4) is 0 Å². The second-order valence-corrected chi connectivity index (χ2v) is 4.23. The van der Waals surface area contributed by atoms with E-state index < -0.39 is 17.8 Å². The van der Waals surface area contributed by atoms with E-state index in [1.54, 1.807) is 0 Å². The predicted octanol–water partition coefficient (Wildman–Crippen LogP) is 3.32. The SMILES string of the molecule is NNc1cc(Nc2c(F)cccc2Cl)nc(C(F)(F)F)n1. The Labute approximate surface area is 121 Å². The van der Waals surface area contributed by atoms with E-state index in [1.165, 1.54) is 12.1 Å². The molecule has 0 aliphatic carbocycles. The summed E-state index contributed by atoms with van der Waals surface area (Å²) in [6.07, 6.45) is -4.78. The Balaban J connectivity index is 2.45. The molecule has 0 atom stereocenters. The van der Waals surface area contributed by atoms with E-state index in [4.69, 9.17) is 17.4 Å². The molecule has 0 saturated heterocycles. The molecule has 112 valence electrons. The number of nitrogens with one attached hydrogen (secondary N) is 2. The van der Waals surface area contributed by atoms with Gasteiger partial charge in [0.1, 0.15) is 17.5 Å². The third-order valence-corrected chi connectivity index (χ3v) is 2.66. The number of rotatable bonds is 3. The van der Waals surface area contributed by atoms with E-state index in [0.29, 0.717) is 0 Å². The summed E-state index contributed by atoms with van der Waals surface area (Å²) in [7, 11) is 0. The van der Waals surface area contributed by atoms with Crippen LogP contribution in [0.15, 0.2) is 24.3 Å². The lowest BCUT2D eigenvalue weighted by Crippen LogP contribution is -2.16. The molecule has 4 N–H and O–H groups in total. The number of nitrogen functional groups attached to an aromatic ring is 1. The summed E-state index contributed by atoms with van der Waals surface area (Å²) < 4.78 is 51.6. The third kappa shape index (κ3) is 3.50. The van der Waals surface area contributed by atoms with Gasteiger partial charge in [-0.05, 0) is 12.1 Å². The second kappa shape index (κ2) is 5.70. The average molecular weight is 322 g/mol. The van der Waals surface area contributed by atoms with Gasteiger partial charge in [-0.3, -0.25) is 0 Å². The molecule has 5 nitrogen and oxygen atoms in total. The zero-order chi connectivity index (χ0) is 15.6. The maximum Gasteiger partial charge on any atom is 0.451 e. The molecule has 2 rings (SSSR count). The summed E-state index contributed by atoms with van der Waals surface area (Å²) in [4.78, 5) is 6.43. The molecule has 0 aliphatic rings. The number of halogens is 5. The monoisotopic (exact) mass is 321 g/mol. The van der Waals surface area contributed by atoms with Gasteiger partial charge in [0.15, 0.2) is 0 Å². The Morgan fingerprint density at radius 1 is 1.14 bits per heavy atom. The fourth-order valence-electron chi connectivity index (χ4n) is 1.46. The molecule has 0 radical (unpaired) electrons. The number of hydrogen-bond acceptors (Lipinski definition) is 5. The highest BCUT2D eigenvalue weighted by Crippen LogP contribution is 2.31. The van der Waals surface area contributed by atoms with Crippen molar-refractivity contribution in [3.63, 3.8) is 0 Å². The fourth-order valence-corrected chi connectivity index (χ4v) is 1.67. The Morgan fingerprint density at radius 2 is 1.81 bits per heavy atom. The number of hydrazine groups is 1. The maximum absolute atomic E-state index is 13.6. The average Bonchev–Trinajstić information content (AvgIpc) is 2.42. The van der Waals surface area contributed by atoms with Crippen LogP contribution in [-0.4, -0.2) is 9.97 Å². The minimum Gasteiger partial charge on any atom is -0.336 e. The number of nitrogens with zero attached hydrogens (tertiary/aromatic N) is 2. The van der Waals surface area contributed by atoms with Crippen molar-refractivity contribution < 1.29 is 17.6 Å². The first kappa shape index (κ1) is 15.3. The van der Waals surface area contributed by atoms with Gasteiger partial charge in [0.25, 0.3) is 0 Å². The van der Waals surface area contributed by atoms with Crippen molar-refractivity contribution in [2.75, 3.05) is 10.7 Å². The molecule has 0 bridgehead atoms. The molecule has 2 aromatic rings. The van der Waals surface area contributed by atoms with Crippen LogP contribution in [0.5, 0.6) is 0 Å². The zero-order valence-corrected chi connectivity index (χ0v) is 10.9. The molecular formula is C11H8ClF4N5. The van der Waals surface area contributed by atoms with Gasteiger partial charge in [-0.25, -0.2) is 20.2 Å². The van der Waals surface area contributed by atoms with Crippen molar-refractivity contribution >= 4 is 28.9 Å². The Bertz CT molecular complexity index is 641. The molecule has 10 heteroatoms. The molecule has 0 aliphatic heterocycles. The van der Waals surface area contributed by atoms with Crippen LogP contribution in [0.2, 0.25) is 5.02 Å². The van der Waals surface area contributed by atoms with Crippen LogP contribution < -0.4 is 16.6 Å². The minimum absolute atomic E-state index is 0.00979. The number of para-hydroxylation sites is 1. The van der Waals surface area contributed by atoms with Gasteiger partial charge in [0.05, 0.1) is 10.7 Å². The number of alkyl halides is 3. The molecule has 0 spiro atoms. The number of nitrogens with two attached hydrogens (primary N) is 1. The molecule has 0 amide bonds. The maximum atomic E-state index is 13.6. The minimum atomic E-state index is -4.78. The van der Waals surface area contributed by atoms with Gasteiger partial charge >= 0.3 is 6.18 Å². The summed E-state index contributed by atoms with van der Waals surface area (Å²) in [5.74, 6) is 2.29. The summed E-state index contributed by atoms with van der Waals surface area (Å²) in [5, 5.41) is 2.36. The third-order valence-electron chi connectivity index (χ3n) is 2.34. The Hall–Kier alpha value is -2.13. The van der Waals surface area contributed by atoms with E-state index in [9.17, 15) is 17.6 Å². The van der Waals surface area contributed by atoms with Crippen LogP contribution in [0.1, 0.15) is 5.82 Å². The highest BCUT2D eigenvalue weighted by atomic mass is 35.5. The number of anilines is 3. The van der Waals surface area contributed by atoms with Crippen molar-refractivity contribution in [2.24, 2.45) is 5.84 Å². The smallest absolute Gasteiger partial charge is 0.336 e. The quantitative estimate of drug-likeness (QED) is 0.459. The van der Waals surface area contributed by atoms with Gasteiger partial charge < -0.3 is 10.7 Å². The molecule has 0 saturated carbocycles. The van der Waals surface area contributed by atoms with Gasteiger partial charge in [0.2, 0.25) is 5.82 Å². The summed E-state index contributed by atoms with van der Waals surface area (Å²) in [6, 6.07) is 4.91.